The molecule has 0 unspecified atom stereocenters. The van der Waals surface area contributed by atoms with E-state index < -0.39 is 0 Å². The highest BCUT2D eigenvalue weighted by molar-refractivity contribution is 5.66. The van der Waals surface area contributed by atoms with Gasteiger partial charge in [-0.05, 0) is 6.92 Å². The maximum atomic E-state index is 4.24. The zero-order chi connectivity index (χ0) is 6.97. The van der Waals surface area contributed by atoms with Gasteiger partial charge in [-0.3, -0.25) is 0 Å². The van der Waals surface area contributed by atoms with Gasteiger partial charge in [-0.25, -0.2) is 4.98 Å². The highest BCUT2D eigenvalue weighted by atomic mass is 15.1. The summed E-state index contributed by atoms with van der Waals surface area (Å²) in [5.41, 5.74) is 1.02. The summed E-state index contributed by atoms with van der Waals surface area (Å²) < 4.78 is 1.90. The predicted molar refractivity (Wildman–Crippen MR) is 39.6 cm³/mol. The second-order valence-corrected chi connectivity index (χ2v) is 2.23. The first-order valence-corrected chi connectivity index (χ1v) is 3.11. The maximum absolute atomic E-state index is 4.24. The summed E-state index contributed by atoms with van der Waals surface area (Å²) in [6, 6.07) is 0. The molecule has 0 fully saturated rings. The lowest BCUT2D eigenvalue weighted by Gasteiger charge is -1.86. The van der Waals surface area contributed by atoms with Gasteiger partial charge >= 0.3 is 0 Å². The average molecular weight is 133 g/mol. The molecule has 1 radical (unpaired) electrons. The van der Waals surface area contributed by atoms with Crippen molar-refractivity contribution in [3.05, 3.63) is 23.9 Å². The smallest absolute Gasteiger partial charge is 0.210 e. The highest BCUT2D eigenvalue weighted by Gasteiger charge is 2.09. The first-order chi connectivity index (χ1) is 4.86. The summed E-state index contributed by atoms with van der Waals surface area (Å²) in [5, 5.41) is 0. The van der Waals surface area contributed by atoms with Gasteiger partial charge < -0.3 is 0 Å². The van der Waals surface area contributed by atoms with E-state index in [1.807, 2.05) is 23.8 Å². The second kappa shape index (κ2) is 1.80. The Morgan fingerprint density at radius 1 is 1.60 bits per heavy atom. The van der Waals surface area contributed by atoms with Crippen LogP contribution in [0.15, 0.2) is 12.4 Å². The third-order valence-electron chi connectivity index (χ3n) is 1.38. The van der Waals surface area contributed by atoms with Crippen LogP contribution in [0.4, 0.5) is 0 Å². The van der Waals surface area contributed by atoms with Crippen LogP contribution in [0, 0.1) is 6.92 Å². The van der Waals surface area contributed by atoms with Crippen LogP contribution >= 0.6 is 0 Å². The Morgan fingerprint density at radius 2 is 2.50 bits per heavy atom. The second-order valence-electron chi connectivity index (χ2n) is 2.23. The summed E-state index contributed by atoms with van der Waals surface area (Å²) in [6.45, 7) is 1.97. The van der Waals surface area contributed by atoms with Gasteiger partial charge in [0, 0.05) is 6.08 Å². The van der Waals surface area contributed by atoms with Crippen LogP contribution in [0.5, 0.6) is 0 Å². The quantitative estimate of drug-likeness (QED) is 0.503. The summed E-state index contributed by atoms with van der Waals surface area (Å²) in [6.07, 6.45) is 7.31. The molecule has 1 aliphatic heterocycles. The number of aromatic nitrogens is 2. The maximum Gasteiger partial charge on any atom is 0.292 e. The monoisotopic (exact) mass is 133 g/mol. The molecule has 2 rings (SSSR count). The number of hydrogen-bond donors (Lipinski definition) is 0. The SMILES string of the molecule is Cc1cn2c(n1)C=C[N+]=C2. The number of rotatable bonds is 0. The molecule has 1 aliphatic rings. The van der Waals surface area contributed by atoms with Crippen LogP contribution in [0.3, 0.4) is 0 Å². The molecule has 0 saturated carbocycles. The molecule has 0 spiro atoms. The van der Waals surface area contributed by atoms with Crippen LogP contribution in [0.1, 0.15) is 11.5 Å². The Morgan fingerprint density at radius 3 is 3.30 bits per heavy atom. The average Bonchev–Trinajstić information content (AvgIpc) is 2.27. The van der Waals surface area contributed by atoms with E-state index in [4.69, 9.17) is 0 Å². The Kier molecular flexibility index (Phi) is 0.974. The topological polar surface area (TPSA) is 31.9 Å². The van der Waals surface area contributed by atoms with Crippen molar-refractivity contribution in [3.63, 3.8) is 0 Å². The lowest BCUT2D eigenvalue weighted by Crippen LogP contribution is -2.04. The third-order valence-corrected chi connectivity index (χ3v) is 1.38. The normalized spacial score (nSPS) is 13.7. The Hall–Kier alpha value is -1.38. The highest BCUT2D eigenvalue weighted by Crippen LogP contribution is 2.02. The van der Waals surface area contributed by atoms with Crippen LogP contribution in [-0.4, -0.2) is 15.9 Å². The van der Waals surface area contributed by atoms with Crippen LogP contribution < -0.4 is 4.99 Å². The van der Waals surface area contributed by atoms with Gasteiger partial charge in [-0.1, -0.05) is 4.99 Å². The van der Waals surface area contributed by atoms with Gasteiger partial charge in [-0.15, -0.1) is 0 Å². The molecule has 0 amide bonds. The number of fused-ring (bicyclic) bond motifs is 1. The standard InChI is InChI=1S/C7H7N3/c1-6-4-10-5-8-3-2-7(10)9-6/h2-5H,1H3/q+1. The molecule has 0 saturated heterocycles. The molecule has 10 heavy (non-hydrogen) atoms. The summed E-state index contributed by atoms with van der Waals surface area (Å²) in [5.74, 6) is 0.951. The lowest BCUT2D eigenvalue weighted by molar-refractivity contribution is 1.09. The summed E-state index contributed by atoms with van der Waals surface area (Å²) in [4.78, 5) is 8.19. The Bertz CT molecular complexity index is 277. The molecular formula is C7H7N3+. The fourth-order valence-corrected chi connectivity index (χ4v) is 0.971. The van der Waals surface area contributed by atoms with Crippen molar-refractivity contribution >= 4 is 12.4 Å². The van der Waals surface area contributed by atoms with Crippen molar-refractivity contribution in [2.45, 2.75) is 6.92 Å². The van der Waals surface area contributed by atoms with Gasteiger partial charge in [0.2, 0.25) is 5.82 Å². The molecule has 0 N–H and O–H groups in total. The molecular weight excluding hydrogens is 126 g/mol. The van der Waals surface area contributed by atoms with Crippen molar-refractivity contribution in [1.29, 1.82) is 0 Å². The molecule has 0 bridgehead atoms. The molecule has 49 valence electrons. The first kappa shape index (κ1) is 5.41. The minimum absolute atomic E-state index is 0.951. The minimum Gasteiger partial charge on any atom is -0.210 e. The minimum atomic E-state index is 0.951. The number of aryl methyl sites for hydroxylation is 1. The van der Waals surface area contributed by atoms with Crippen LogP contribution in [-0.2, 0) is 0 Å². The van der Waals surface area contributed by atoms with E-state index >= 15 is 0 Å². The predicted octanol–water partition coefficient (Wildman–Crippen LogP) is 0.388. The van der Waals surface area contributed by atoms with E-state index in [-0.39, 0.29) is 0 Å². The fourth-order valence-electron chi connectivity index (χ4n) is 0.971. The Balaban J connectivity index is 2.64. The molecule has 1 aromatic rings. The van der Waals surface area contributed by atoms with Crippen molar-refractivity contribution in [3.8, 4) is 0 Å². The van der Waals surface area contributed by atoms with Crippen molar-refractivity contribution in [2.24, 2.45) is 0 Å². The van der Waals surface area contributed by atoms with Crippen molar-refractivity contribution in [1.82, 2.24) is 14.5 Å². The summed E-state index contributed by atoms with van der Waals surface area (Å²) in [7, 11) is 0. The van der Waals surface area contributed by atoms with Gasteiger partial charge in [0.25, 0.3) is 6.34 Å². The largest absolute Gasteiger partial charge is 0.292 e. The van der Waals surface area contributed by atoms with Crippen molar-refractivity contribution in [2.75, 3.05) is 0 Å². The molecule has 1 aromatic heterocycles. The van der Waals surface area contributed by atoms with Gasteiger partial charge in [0.1, 0.15) is 12.4 Å². The van der Waals surface area contributed by atoms with Crippen LogP contribution in [0.2, 0.25) is 0 Å². The van der Waals surface area contributed by atoms with E-state index in [1.54, 1.807) is 12.5 Å². The van der Waals surface area contributed by atoms with Crippen molar-refractivity contribution < 1.29 is 0 Å². The van der Waals surface area contributed by atoms with Gasteiger partial charge in [0.15, 0.2) is 0 Å². The number of nitrogens with zero attached hydrogens (tertiary/aromatic N) is 3. The molecule has 2 heterocycles. The van der Waals surface area contributed by atoms with E-state index in [0.29, 0.717) is 0 Å². The Labute approximate surface area is 58.7 Å². The lowest BCUT2D eigenvalue weighted by atomic mass is 10.5. The molecule has 0 aliphatic carbocycles. The molecule has 0 aromatic carbocycles. The fraction of sp³-hybridized carbons (Fsp3) is 0.143. The van der Waals surface area contributed by atoms with E-state index in [2.05, 4.69) is 9.98 Å². The van der Waals surface area contributed by atoms with E-state index in [9.17, 15) is 0 Å². The van der Waals surface area contributed by atoms with Gasteiger partial charge in [-0.2, -0.15) is 4.57 Å². The number of hydrogen-bond acceptors (Lipinski definition) is 2. The van der Waals surface area contributed by atoms with E-state index in [1.165, 1.54) is 0 Å². The molecule has 3 nitrogen and oxygen atoms in total. The third kappa shape index (κ3) is 0.673. The van der Waals surface area contributed by atoms with Gasteiger partial charge in [0.05, 0.1) is 5.69 Å². The summed E-state index contributed by atoms with van der Waals surface area (Å²) >= 11 is 0. The van der Waals surface area contributed by atoms with Crippen LogP contribution in [0.25, 0.3) is 6.08 Å². The number of aliphatic imine (C=N–C) groups is 1. The zero-order valence-electron chi connectivity index (χ0n) is 5.65. The van der Waals surface area contributed by atoms with E-state index in [0.717, 1.165) is 11.5 Å². The zero-order valence-corrected chi connectivity index (χ0v) is 5.65. The molecule has 0 atom stereocenters. The first-order valence-electron chi connectivity index (χ1n) is 3.11. The molecule has 3 heteroatoms. The number of imidazole rings is 1.